The fraction of sp³-hybridized carbons (Fsp3) is 0.231. The molecule has 9 heteroatoms. The number of hydrogen-bond acceptors (Lipinski definition) is 6. The summed E-state index contributed by atoms with van der Waals surface area (Å²) >= 11 is 1.66. The fourth-order valence-electron chi connectivity index (χ4n) is 6.02. The molecule has 3 aromatic carbocycles. The zero-order valence-electron chi connectivity index (χ0n) is 18.4. The van der Waals surface area contributed by atoms with Gasteiger partial charge < -0.3 is 5.32 Å². The number of thioether (sulfide) groups is 1. The van der Waals surface area contributed by atoms with E-state index in [9.17, 15) is 24.1 Å². The Balaban J connectivity index is 1.60. The number of nitro groups is 1. The van der Waals surface area contributed by atoms with Gasteiger partial charge in [0.05, 0.1) is 10.8 Å². The minimum Gasteiger partial charge on any atom is -0.324 e. The molecule has 3 heterocycles. The summed E-state index contributed by atoms with van der Waals surface area (Å²) in [4.78, 5) is 40.9. The molecule has 4 atom stereocenters. The van der Waals surface area contributed by atoms with E-state index < -0.39 is 28.1 Å². The van der Waals surface area contributed by atoms with Crippen molar-refractivity contribution in [2.24, 2.45) is 5.92 Å². The van der Waals surface area contributed by atoms with Gasteiger partial charge in [0, 0.05) is 52.5 Å². The number of Topliss-reactive ketones (excluding diaryl/α,β-unsaturated/α-hetero) is 1. The number of rotatable bonds is 4. The molecule has 3 aliphatic heterocycles. The van der Waals surface area contributed by atoms with Crippen LogP contribution in [0.4, 0.5) is 15.8 Å². The summed E-state index contributed by atoms with van der Waals surface area (Å²) in [5.74, 6) is -1.10. The van der Waals surface area contributed by atoms with Crippen LogP contribution in [0.2, 0.25) is 0 Å². The first-order valence-corrected chi connectivity index (χ1v) is 12.4. The second kappa shape index (κ2) is 8.00. The number of nitrogens with one attached hydrogen (secondary N) is 1. The summed E-state index contributed by atoms with van der Waals surface area (Å²) in [5.41, 5.74) is 0.754. The number of nitrogens with zero attached hydrogens (tertiary/aromatic N) is 2. The molecule has 0 saturated carbocycles. The molecule has 2 saturated heterocycles. The van der Waals surface area contributed by atoms with Gasteiger partial charge >= 0.3 is 0 Å². The van der Waals surface area contributed by atoms with Crippen molar-refractivity contribution in [3.05, 3.63) is 105 Å². The van der Waals surface area contributed by atoms with Crippen molar-refractivity contribution in [2.45, 2.75) is 17.5 Å². The Labute approximate surface area is 204 Å². The SMILES string of the molecule is O=C(c1ccccc1)[C@H]1[C@H](c2ccc([N+](=O)[O-])cc2)[C@@H]2CSCN2[C@@]12C(=O)Nc1ccc(F)cc12. The Morgan fingerprint density at radius 2 is 1.86 bits per heavy atom. The van der Waals surface area contributed by atoms with E-state index in [0.717, 1.165) is 5.56 Å². The van der Waals surface area contributed by atoms with E-state index in [4.69, 9.17) is 0 Å². The molecule has 1 amide bonds. The number of nitro benzene ring substituents is 1. The first kappa shape index (κ1) is 21.9. The highest BCUT2D eigenvalue weighted by molar-refractivity contribution is 7.99. The number of ketones is 1. The van der Waals surface area contributed by atoms with Gasteiger partial charge in [-0.2, -0.15) is 0 Å². The van der Waals surface area contributed by atoms with Gasteiger partial charge in [-0.25, -0.2) is 4.39 Å². The smallest absolute Gasteiger partial charge is 0.269 e. The van der Waals surface area contributed by atoms with Crippen LogP contribution < -0.4 is 5.32 Å². The number of hydrogen-bond donors (Lipinski definition) is 1. The molecule has 3 aliphatic rings. The molecule has 2 fully saturated rings. The lowest BCUT2D eigenvalue weighted by molar-refractivity contribution is -0.384. The minimum absolute atomic E-state index is 0.0453. The predicted molar refractivity (Wildman–Crippen MR) is 130 cm³/mol. The normalized spacial score (nSPS) is 27.0. The van der Waals surface area contributed by atoms with Crippen LogP contribution in [0, 0.1) is 21.8 Å². The molecule has 0 aliphatic carbocycles. The highest BCUT2D eigenvalue weighted by atomic mass is 32.2. The standard InChI is InChI=1S/C26H20FN3O4S/c27-17-8-11-20-19(12-17)26(25(32)28-20)23(24(31)16-4-2-1-3-5-16)22(21-13-35-14-29(21)26)15-6-9-18(10-7-15)30(33)34/h1-12,21-23H,13-14H2,(H,28,32)/t21-,22+,23+,26+/m0/s1. The van der Waals surface area contributed by atoms with Crippen molar-refractivity contribution in [1.82, 2.24) is 4.90 Å². The Morgan fingerprint density at radius 1 is 1.11 bits per heavy atom. The van der Waals surface area contributed by atoms with E-state index in [1.54, 1.807) is 54.2 Å². The molecule has 6 rings (SSSR count). The zero-order valence-corrected chi connectivity index (χ0v) is 19.2. The fourth-order valence-corrected chi connectivity index (χ4v) is 7.35. The summed E-state index contributed by atoms with van der Waals surface area (Å²) in [5, 5.41) is 14.1. The predicted octanol–water partition coefficient (Wildman–Crippen LogP) is 4.55. The number of carbonyl (C=O) groups is 2. The number of fused-ring (bicyclic) bond motifs is 4. The first-order valence-electron chi connectivity index (χ1n) is 11.2. The molecular formula is C26H20FN3O4S. The molecule has 0 bridgehead atoms. The number of halogens is 1. The van der Waals surface area contributed by atoms with Gasteiger partial charge in [0.25, 0.3) is 5.69 Å². The van der Waals surface area contributed by atoms with Crippen molar-refractivity contribution in [1.29, 1.82) is 0 Å². The summed E-state index contributed by atoms with van der Waals surface area (Å²) < 4.78 is 14.5. The maximum Gasteiger partial charge on any atom is 0.269 e. The quantitative estimate of drug-likeness (QED) is 0.328. The van der Waals surface area contributed by atoms with Crippen molar-refractivity contribution in [3.63, 3.8) is 0 Å². The summed E-state index contributed by atoms with van der Waals surface area (Å²) in [6.45, 7) is 0. The van der Waals surface area contributed by atoms with Gasteiger partial charge in [0.2, 0.25) is 5.91 Å². The summed E-state index contributed by atoms with van der Waals surface area (Å²) in [6.07, 6.45) is 0. The van der Waals surface area contributed by atoms with Crippen LogP contribution in [0.25, 0.3) is 0 Å². The number of anilines is 1. The molecule has 176 valence electrons. The average Bonchev–Trinajstić information content (AvgIpc) is 3.53. The summed E-state index contributed by atoms with van der Waals surface area (Å²) in [6, 6.07) is 19.0. The Morgan fingerprint density at radius 3 is 2.57 bits per heavy atom. The van der Waals surface area contributed by atoms with E-state index in [0.29, 0.717) is 28.4 Å². The largest absolute Gasteiger partial charge is 0.324 e. The highest BCUT2D eigenvalue weighted by Gasteiger charge is 2.69. The lowest BCUT2D eigenvalue weighted by Gasteiger charge is -2.36. The van der Waals surface area contributed by atoms with Crippen LogP contribution in [0.3, 0.4) is 0 Å². The minimum atomic E-state index is -1.38. The molecule has 7 nitrogen and oxygen atoms in total. The van der Waals surface area contributed by atoms with Gasteiger partial charge in [0.15, 0.2) is 5.78 Å². The van der Waals surface area contributed by atoms with Gasteiger partial charge in [-0.1, -0.05) is 42.5 Å². The van der Waals surface area contributed by atoms with Crippen molar-refractivity contribution < 1.29 is 18.9 Å². The van der Waals surface area contributed by atoms with Gasteiger partial charge in [0.1, 0.15) is 11.4 Å². The Hall–Kier alpha value is -3.56. The highest BCUT2D eigenvalue weighted by Crippen LogP contribution is 2.61. The Kier molecular flexibility index (Phi) is 5.01. The van der Waals surface area contributed by atoms with E-state index in [-0.39, 0.29) is 23.4 Å². The summed E-state index contributed by atoms with van der Waals surface area (Å²) in [7, 11) is 0. The third-order valence-electron chi connectivity index (χ3n) is 7.41. The van der Waals surface area contributed by atoms with Crippen molar-refractivity contribution >= 4 is 34.8 Å². The van der Waals surface area contributed by atoms with Crippen LogP contribution in [0.15, 0.2) is 72.8 Å². The van der Waals surface area contributed by atoms with Crippen LogP contribution in [-0.2, 0) is 10.3 Å². The number of amides is 1. The lowest BCUT2D eigenvalue weighted by atomic mass is 9.69. The maximum atomic E-state index is 14.5. The average molecular weight is 490 g/mol. The lowest BCUT2D eigenvalue weighted by Crippen LogP contribution is -2.52. The molecule has 3 aromatic rings. The van der Waals surface area contributed by atoms with E-state index >= 15 is 0 Å². The second-order valence-electron chi connectivity index (χ2n) is 9.03. The molecule has 35 heavy (non-hydrogen) atoms. The third kappa shape index (κ3) is 3.08. The molecule has 0 radical (unpaired) electrons. The van der Waals surface area contributed by atoms with Crippen molar-refractivity contribution in [2.75, 3.05) is 16.9 Å². The number of carbonyl (C=O) groups excluding carboxylic acids is 2. The van der Waals surface area contributed by atoms with E-state index in [1.807, 2.05) is 11.0 Å². The zero-order chi connectivity index (χ0) is 24.3. The van der Waals surface area contributed by atoms with Gasteiger partial charge in [-0.3, -0.25) is 24.6 Å². The number of non-ortho nitro benzene ring substituents is 1. The first-order chi connectivity index (χ1) is 16.9. The van der Waals surface area contributed by atoms with E-state index in [1.165, 1.54) is 24.3 Å². The molecular weight excluding hydrogens is 469 g/mol. The van der Waals surface area contributed by atoms with Crippen LogP contribution >= 0.6 is 11.8 Å². The second-order valence-corrected chi connectivity index (χ2v) is 10.0. The van der Waals surface area contributed by atoms with Gasteiger partial charge in [-0.05, 0) is 23.8 Å². The Bertz CT molecular complexity index is 1370. The van der Waals surface area contributed by atoms with E-state index in [2.05, 4.69) is 5.32 Å². The van der Waals surface area contributed by atoms with Crippen LogP contribution in [0.5, 0.6) is 0 Å². The molecule has 0 aromatic heterocycles. The van der Waals surface area contributed by atoms with Crippen LogP contribution in [0.1, 0.15) is 27.4 Å². The van der Waals surface area contributed by atoms with Crippen molar-refractivity contribution in [3.8, 4) is 0 Å². The molecule has 1 spiro atoms. The number of benzene rings is 3. The maximum absolute atomic E-state index is 14.5. The van der Waals surface area contributed by atoms with Crippen LogP contribution in [-0.4, -0.2) is 39.2 Å². The topological polar surface area (TPSA) is 92.5 Å². The molecule has 0 unspecified atom stereocenters. The van der Waals surface area contributed by atoms with Gasteiger partial charge in [-0.15, -0.1) is 11.8 Å². The molecule has 1 N–H and O–H groups in total. The monoisotopic (exact) mass is 489 g/mol. The third-order valence-corrected chi connectivity index (χ3v) is 8.45.